The quantitative estimate of drug-likeness (QED) is 0.204. The smallest absolute Gasteiger partial charge is 0.295 e. The first-order valence-electron chi connectivity index (χ1n) is 10.2. The number of benzene rings is 2. The molecule has 0 spiro atoms. The number of aliphatic hydroxyl groups is 1. The van der Waals surface area contributed by atoms with Gasteiger partial charge in [0.25, 0.3) is 17.4 Å². The highest BCUT2D eigenvalue weighted by atomic mass is 16.6. The average Bonchev–Trinajstić information content (AvgIpc) is 3.03. The molecule has 1 atom stereocenters. The Morgan fingerprint density at radius 2 is 1.94 bits per heavy atom. The van der Waals surface area contributed by atoms with Crippen LogP contribution in [0.3, 0.4) is 0 Å². The fourth-order valence-corrected chi connectivity index (χ4v) is 3.81. The van der Waals surface area contributed by atoms with Gasteiger partial charge in [-0.2, -0.15) is 0 Å². The summed E-state index contributed by atoms with van der Waals surface area (Å²) in [5.41, 5.74) is -0.0321. The van der Waals surface area contributed by atoms with Crippen molar-refractivity contribution in [1.82, 2.24) is 9.80 Å². The van der Waals surface area contributed by atoms with E-state index in [1.54, 1.807) is 6.07 Å². The van der Waals surface area contributed by atoms with Crippen molar-refractivity contribution in [1.29, 1.82) is 0 Å². The van der Waals surface area contributed by atoms with Crippen LogP contribution in [0.25, 0.3) is 5.76 Å². The molecule has 1 unspecified atom stereocenters. The highest BCUT2D eigenvalue weighted by molar-refractivity contribution is 6.46. The maximum Gasteiger partial charge on any atom is 0.295 e. The van der Waals surface area contributed by atoms with Gasteiger partial charge in [-0.15, -0.1) is 0 Å². The number of carbonyl (C=O) groups excluding carboxylic acids is 2. The van der Waals surface area contributed by atoms with E-state index < -0.39 is 28.4 Å². The van der Waals surface area contributed by atoms with Crippen LogP contribution >= 0.6 is 0 Å². The number of phenols is 1. The molecule has 174 valence electrons. The minimum absolute atomic E-state index is 0.0400. The molecule has 1 saturated heterocycles. The second-order valence-corrected chi connectivity index (χ2v) is 7.89. The zero-order valence-corrected chi connectivity index (χ0v) is 18.5. The van der Waals surface area contributed by atoms with Gasteiger partial charge in [-0.25, -0.2) is 0 Å². The monoisotopic (exact) mass is 455 g/mol. The molecular weight excluding hydrogens is 430 g/mol. The van der Waals surface area contributed by atoms with Crippen molar-refractivity contribution in [2.75, 3.05) is 34.3 Å². The lowest BCUT2D eigenvalue weighted by atomic mass is 9.94. The van der Waals surface area contributed by atoms with E-state index in [4.69, 9.17) is 4.74 Å². The third-order valence-corrected chi connectivity index (χ3v) is 5.39. The molecule has 2 aromatic carbocycles. The fourth-order valence-electron chi connectivity index (χ4n) is 3.81. The van der Waals surface area contributed by atoms with Gasteiger partial charge in [-0.3, -0.25) is 19.7 Å². The van der Waals surface area contributed by atoms with Crippen molar-refractivity contribution in [3.8, 4) is 11.5 Å². The van der Waals surface area contributed by atoms with E-state index >= 15 is 0 Å². The predicted octanol–water partition coefficient (Wildman–Crippen LogP) is 2.68. The average molecular weight is 455 g/mol. The summed E-state index contributed by atoms with van der Waals surface area (Å²) >= 11 is 0. The molecule has 33 heavy (non-hydrogen) atoms. The lowest BCUT2D eigenvalue weighted by molar-refractivity contribution is -0.384. The first-order valence-corrected chi connectivity index (χ1v) is 10.2. The number of amides is 1. The number of methoxy groups -OCH3 is 1. The molecule has 3 rings (SSSR count). The molecule has 1 aliphatic rings. The first kappa shape index (κ1) is 23.7. The van der Waals surface area contributed by atoms with Gasteiger partial charge in [-0.05, 0) is 44.8 Å². The second-order valence-electron chi connectivity index (χ2n) is 7.89. The van der Waals surface area contributed by atoms with Crippen LogP contribution in [0.5, 0.6) is 11.5 Å². The number of ether oxygens (including phenoxy) is 1. The lowest BCUT2D eigenvalue weighted by Gasteiger charge is -2.26. The zero-order chi connectivity index (χ0) is 24.3. The molecule has 0 aromatic heterocycles. The minimum Gasteiger partial charge on any atom is -0.507 e. The summed E-state index contributed by atoms with van der Waals surface area (Å²) in [5, 5.41) is 32.5. The Kier molecular flexibility index (Phi) is 6.98. The van der Waals surface area contributed by atoms with Gasteiger partial charge >= 0.3 is 0 Å². The summed E-state index contributed by atoms with van der Waals surface area (Å²) in [7, 11) is 5.16. The molecule has 2 N–H and O–H groups in total. The van der Waals surface area contributed by atoms with E-state index in [1.165, 1.54) is 42.3 Å². The molecule has 1 amide bonds. The van der Waals surface area contributed by atoms with Gasteiger partial charge in [0.2, 0.25) is 0 Å². The van der Waals surface area contributed by atoms with Gasteiger partial charge in [0.05, 0.1) is 23.6 Å². The van der Waals surface area contributed by atoms with E-state index in [9.17, 15) is 29.9 Å². The van der Waals surface area contributed by atoms with Crippen LogP contribution in [-0.4, -0.2) is 70.9 Å². The Hall–Kier alpha value is -3.92. The molecular formula is C23H25N3O7. The summed E-state index contributed by atoms with van der Waals surface area (Å²) in [6.07, 6.45) is 0.565. The second kappa shape index (κ2) is 9.70. The van der Waals surface area contributed by atoms with Gasteiger partial charge < -0.3 is 24.7 Å². The van der Waals surface area contributed by atoms with Gasteiger partial charge in [0, 0.05) is 24.2 Å². The summed E-state index contributed by atoms with van der Waals surface area (Å²) < 4.78 is 5.07. The number of rotatable bonds is 8. The largest absolute Gasteiger partial charge is 0.507 e. The third-order valence-electron chi connectivity index (χ3n) is 5.39. The van der Waals surface area contributed by atoms with Gasteiger partial charge in [0.1, 0.15) is 5.76 Å². The molecule has 1 heterocycles. The lowest BCUT2D eigenvalue weighted by Crippen LogP contribution is -2.32. The molecule has 1 fully saturated rings. The van der Waals surface area contributed by atoms with E-state index in [1.807, 2.05) is 19.0 Å². The maximum atomic E-state index is 13.0. The molecule has 0 bridgehead atoms. The number of nitro groups is 1. The number of likely N-dealkylation sites (tertiary alicyclic amines) is 1. The van der Waals surface area contributed by atoms with E-state index in [2.05, 4.69) is 0 Å². The van der Waals surface area contributed by atoms with E-state index in [-0.39, 0.29) is 34.9 Å². The highest BCUT2D eigenvalue weighted by Crippen LogP contribution is 2.42. The van der Waals surface area contributed by atoms with Crippen LogP contribution in [0.15, 0.2) is 48.0 Å². The molecule has 10 heteroatoms. The maximum absolute atomic E-state index is 13.0. The Morgan fingerprint density at radius 1 is 1.21 bits per heavy atom. The molecule has 0 radical (unpaired) electrons. The fraction of sp³-hybridized carbons (Fsp3) is 0.304. The number of hydrogen-bond acceptors (Lipinski definition) is 8. The normalized spacial score (nSPS) is 17.6. The number of non-ortho nitro benzene ring substituents is 1. The Labute approximate surface area is 190 Å². The number of ketones is 1. The number of aromatic hydroxyl groups is 1. The van der Waals surface area contributed by atoms with Gasteiger partial charge in [-0.1, -0.05) is 18.2 Å². The summed E-state index contributed by atoms with van der Waals surface area (Å²) in [6.45, 7) is 0.889. The van der Waals surface area contributed by atoms with Crippen molar-refractivity contribution in [2.45, 2.75) is 12.5 Å². The summed E-state index contributed by atoms with van der Waals surface area (Å²) in [4.78, 5) is 39.7. The number of aliphatic hydroxyl groups excluding tert-OH is 1. The number of nitrogens with zero attached hydrogens (tertiary/aromatic N) is 3. The van der Waals surface area contributed by atoms with Crippen LogP contribution in [0.2, 0.25) is 0 Å². The van der Waals surface area contributed by atoms with Crippen LogP contribution in [-0.2, 0) is 9.59 Å². The predicted molar refractivity (Wildman–Crippen MR) is 120 cm³/mol. The molecule has 2 aromatic rings. The Bertz CT molecular complexity index is 1130. The first-order chi connectivity index (χ1) is 15.6. The van der Waals surface area contributed by atoms with Crippen molar-refractivity contribution < 1.29 is 29.5 Å². The van der Waals surface area contributed by atoms with Crippen LogP contribution < -0.4 is 4.74 Å². The molecule has 10 nitrogen and oxygen atoms in total. The van der Waals surface area contributed by atoms with Crippen LogP contribution in [0.1, 0.15) is 23.6 Å². The van der Waals surface area contributed by atoms with E-state index in [0.29, 0.717) is 18.5 Å². The van der Waals surface area contributed by atoms with Crippen molar-refractivity contribution in [3.05, 3.63) is 69.3 Å². The zero-order valence-electron chi connectivity index (χ0n) is 18.5. The number of phenolic OH excluding ortho intramolecular Hbond substituents is 1. The number of hydrogen-bond donors (Lipinski definition) is 2. The van der Waals surface area contributed by atoms with Crippen molar-refractivity contribution in [3.63, 3.8) is 0 Å². The summed E-state index contributed by atoms with van der Waals surface area (Å²) in [5.74, 6) is -2.19. The van der Waals surface area contributed by atoms with Crippen LogP contribution in [0.4, 0.5) is 5.69 Å². The van der Waals surface area contributed by atoms with E-state index in [0.717, 1.165) is 6.07 Å². The number of carbonyl (C=O) groups is 2. The molecule has 0 aliphatic carbocycles. The Morgan fingerprint density at radius 3 is 2.55 bits per heavy atom. The minimum atomic E-state index is -0.983. The van der Waals surface area contributed by atoms with Gasteiger partial charge in [0.15, 0.2) is 11.5 Å². The van der Waals surface area contributed by atoms with Crippen molar-refractivity contribution >= 4 is 23.1 Å². The Balaban J connectivity index is 2.15. The SMILES string of the molecule is COc1ccc(C2/C(=C(/O)c3cccc([N+](=O)[O-])c3)C(=O)C(=O)N2CCCN(C)C)cc1O. The highest BCUT2D eigenvalue weighted by Gasteiger charge is 2.46. The topological polar surface area (TPSA) is 133 Å². The number of Topliss-reactive ketones (excluding diaryl/α,β-unsaturated/α-hetero) is 1. The standard InChI is InChI=1S/C23H25N3O7/c1-24(2)10-5-11-25-20(14-8-9-18(33-3)17(27)13-14)19(22(29)23(25)30)21(28)15-6-4-7-16(12-15)26(31)32/h4,6-9,12-13,20,27-28H,5,10-11H2,1-3H3/b21-19-. The molecule has 0 saturated carbocycles. The third kappa shape index (κ3) is 4.80. The summed E-state index contributed by atoms with van der Waals surface area (Å²) in [6, 6.07) is 8.68. The van der Waals surface area contributed by atoms with Crippen molar-refractivity contribution in [2.24, 2.45) is 0 Å². The number of nitro benzene ring substituents is 1. The molecule has 1 aliphatic heterocycles. The van der Waals surface area contributed by atoms with Crippen LogP contribution in [0, 0.1) is 10.1 Å².